The predicted octanol–water partition coefficient (Wildman–Crippen LogP) is 1.71. The summed E-state index contributed by atoms with van der Waals surface area (Å²) < 4.78 is 0. The second-order valence-electron chi connectivity index (χ2n) is 5.19. The first-order chi connectivity index (χ1) is 8.34. The minimum Gasteiger partial charge on any atom is -0.393 e. The van der Waals surface area contributed by atoms with E-state index < -0.39 is 0 Å². The summed E-state index contributed by atoms with van der Waals surface area (Å²) in [5, 5.41) is 17.6. The van der Waals surface area contributed by atoms with Crippen molar-refractivity contribution in [3.8, 4) is 0 Å². The van der Waals surface area contributed by atoms with Crippen LogP contribution in [0.3, 0.4) is 0 Å². The Labute approximate surface area is 112 Å². The molecule has 18 heavy (non-hydrogen) atoms. The second-order valence-corrected chi connectivity index (χ2v) is 6.05. The molecule has 1 aromatic rings. The quantitative estimate of drug-likeness (QED) is 0.736. The molecule has 0 aliphatic heterocycles. The van der Waals surface area contributed by atoms with Crippen LogP contribution in [0.25, 0.3) is 0 Å². The zero-order valence-electron chi connectivity index (χ0n) is 11.3. The van der Waals surface area contributed by atoms with Crippen LogP contribution in [0.4, 0.5) is 5.13 Å². The molecule has 0 fully saturated rings. The largest absolute Gasteiger partial charge is 0.393 e. The molecule has 1 aromatic heterocycles. The third-order valence-electron chi connectivity index (χ3n) is 2.53. The van der Waals surface area contributed by atoms with Gasteiger partial charge >= 0.3 is 0 Å². The number of aromatic nitrogens is 1. The van der Waals surface area contributed by atoms with Crippen LogP contribution in [0, 0.1) is 5.41 Å². The van der Waals surface area contributed by atoms with Crippen LogP contribution in [-0.2, 0) is 0 Å². The van der Waals surface area contributed by atoms with Crippen molar-refractivity contribution in [2.45, 2.75) is 33.3 Å². The summed E-state index contributed by atoms with van der Waals surface area (Å²) in [5.41, 5.74) is 0.295. The molecule has 0 saturated heterocycles. The normalized spacial score (nSPS) is 13.2. The molecule has 3 N–H and O–H groups in total. The van der Waals surface area contributed by atoms with Gasteiger partial charge in [0.2, 0.25) is 0 Å². The summed E-state index contributed by atoms with van der Waals surface area (Å²) >= 11 is 1.40. The lowest BCUT2D eigenvalue weighted by Crippen LogP contribution is -2.35. The second kappa shape index (κ2) is 6.15. The first-order valence-corrected chi connectivity index (χ1v) is 6.81. The van der Waals surface area contributed by atoms with Gasteiger partial charge in [-0.15, -0.1) is 11.3 Å². The lowest BCUT2D eigenvalue weighted by molar-refractivity contribution is 0.0898. The van der Waals surface area contributed by atoms with Gasteiger partial charge in [0.25, 0.3) is 5.91 Å². The monoisotopic (exact) mass is 271 g/mol. The minimum absolute atomic E-state index is 0.133. The van der Waals surface area contributed by atoms with Crippen LogP contribution < -0.4 is 10.6 Å². The molecule has 1 rings (SSSR count). The minimum atomic E-state index is -0.368. The van der Waals surface area contributed by atoms with Crippen LogP contribution in [-0.4, -0.2) is 35.7 Å². The van der Waals surface area contributed by atoms with E-state index in [9.17, 15) is 9.90 Å². The van der Waals surface area contributed by atoms with Crippen molar-refractivity contribution in [2.24, 2.45) is 5.41 Å². The molecular formula is C12H21N3O2S. The number of rotatable bonds is 6. The molecule has 0 aliphatic carbocycles. The van der Waals surface area contributed by atoms with Gasteiger partial charge in [-0.05, 0) is 18.8 Å². The van der Waals surface area contributed by atoms with E-state index in [4.69, 9.17) is 0 Å². The number of hydrogen-bond donors (Lipinski definition) is 3. The molecule has 1 heterocycles. The summed E-state index contributed by atoms with van der Waals surface area (Å²) in [7, 11) is 1.77. The first-order valence-electron chi connectivity index (χ1n) is 5.93. The van der Waals surface area contributed by atoms with Crippen molar-refractivity contribution < 1.29 is 9.90 Å². The molecule has 6 heteroatoms. The summed E-state index contributed by atoms with van der Waals surface area (Å²) in [6.07, 6.45) is 0.276. The van der Waals surface area contributed by atoms with Gasteiger partial charge in [-0.2, -0.15) is 0 Å². The van der Waals surface area contributed by atoms with Crippen molar-refractivity contribution in [3.05, 3.63) is 11.1 Å². The molecule has 0 aliphatic rings. The Balaban J connectivity index is 2.50. The third-order valence-corrected chi connectivity index (χ3v) is 3.39. The summed E-state index contributed by atoms with van der Waals surface area (Å²) in [4.78, 5) is 16.0. The highest BCUT2D eigenvalue weighted by Gasteiger charge is 2.22. The highest BCUT2D eigenvalue weighted by atomic mass is 32.1. The van der Waals surface area contributed by atoms with Gasteiger partial charge in [0, 0.05) is 19.0 Å². The SMILES string of the molecule is CNc1nc(C(=O)NCC(C)(C)CC(C)O)cs1. The van der Waals surface area contributed by atoms with Gasteiger partial charge in [0.1, 0.15) is 5.69 Å². The van der Waals surface area contributed by atoms with E-state index in [1.54, 1.807) is 19.4 Å². The molecule has 0 aromatic carbocycles. The Morgan fingerprint density at radius 1 is 1.61 bits per heavy atom. The number of nitrogens with zero attached hydrogens (tertiary/aromatic N) is 1. The average Bonchev–Trinajstić information content (AvgIpc) is 2.72. The average molecular weight is 271 g/mol. The highest BCUT2D eigenvalue weighted by molar-refractivity contribution is 7.13. The third kappa shape index (κ3) is 4.62. The fourth-order valence-corrected chi connectivity index (χ4v) is 2.43. The predicted molar refractivity (Wildman–Crippen MR) is 74.1 cm³/mol. The Kier molecular flexibility index (Phi) is 5.10. The number of aliphatic hydroxyl groups is 1. The Bertz CT molecular complexity index is 402. The molecule has 0 radical (unpaired) electrons. The Hall–Kier alpha value is -1.14. The molecule has 0 spiro atoms. The zero-order chi connectivity index (χ0) is 13.8. The van der Waals surface area contributed by atoms with Crippen molar-refractivity contribution in [2.75, 3.05) is 18.9 Å². The lowest BCUT2D eigenvalue weighted by atomic mass is 9.87. The number of carbonyl (C=O) groups is 1. The van der Waals surface area contributed by atoms with Gasteiger partial charge in [-0.3, -0.25) is 4.79 Å². The maximum atomic E-state index is 11.8. The number of amides is 1. The number of nitrogens with one attached hydrogen (secondary N) is 2. The highest BCUT2D eigenvalue weighted by Crippen LogP contribution is 2.21. The molecule has 1 atom stereocenters. The number of aliphatic hydroxyl groups excluding tert-OH is 1. The van der Waals surface area contributed by atoms with Crippen LogP contribution in [0.1, 0.15) is 37.7 Å². The maximum Gasteiger partial charge on any atom is 0.270 e. The van der Waals surface area contributed by atoms with Crippen molar-refractivity contribution >= 4 is 22.4 Å². The fraction of sp³-hybridized carbons (Fsp3) is 0.667. The van der Waals surface area contributed by atoms with Gasteiger partial charge in [0.15, 0.2) is 5.13 Å². The van der Waals surface area contributed by atoms with E-state index in [1.165, 1.54) is 11.3 Å². The number of carbonyl (C=O) groups excluding carboxylic acids is 1. The first kappa shape index (κ1) is 14.9. The van der Waals surface area contributed by atoms with E-state index in [0.29, 0.717) is 18.7 Å². The smallest absolute Gasteiger partial charge is 0.270 e. The molecular weight excluding hydrogens is 250 g/mol. The fourth-order valence-electron chi connectivity index (χ4n) is 1.77. The topological polar surface area (TPSA) is 74.2 Å². The van der Waals surface area contributed by atoms with Crippen LogP contribution in [0.2, 0.25) is 0 Å². The number of hydrogen-bond acceptors (Lipinski definition) is 5. The van der Waals surface area contributed by atoms with Crippen LogP contribution in [0.15, 0.2) is 5.38 Å². The zero-order valence-corrected chi connectivity index (χ0v) is 12.1. The number of anilines is 1. The van der Waals surface area contributed by atoms with E-state index in [0.717, 1.165) is 5.13 Å². The van der Waals surface area contributed by atoms with E-state index in [2.05, 4.69) is 15.6 Å². The molecule has 0 saturated carbocycles. The Morgan fingerprint density at radius 3 is 2.78 bits per heavy atom. The van der Waals surface area contributed by atoms with E-state index in [-0.39, 0.29) is 17.4 Å². The van der Waals surface area contributed by atoms with Crippen molar-refractivity contribution in [1.29, 1.82) is 0 Å². The van der Waals surface area contributed by atoms with E-state index in [1.807, 2.05) is 13.8 Å². The van der Waals surface area contributed by atoms with E-state index >= 15 is 0 Å². The van der Waals surface area contributed by atoms with Gasteiger partial charge < -0.3 is 15.7 Å². The van der Waals surface area contributed by atoms with Gasteiger partial charge in [0.05, 0.1) is 6.10 Å². The standard InChI is InChI=1S/C12H21N3O2S/c1-8(16)5-12(2,3)7-14-10(17)9-6-18-11(13-4)15-9/h6,8,16H,5,7H2,1-4H3,(H,13,15)(H,14,17). The van der Waals surface area contributed by atoms with Crippen LogP contribution >= 0.6 is 11.3 Å². The maximum absolute atomic E-state index is 11.8. The number of thiazole rings is 1. The van der Waals surface area contributed by atoms with Gasteiger partial charge in [-0.25, -0.2) is 4.98 Å². The molecule has 1 amide bonds. The van der Waals surface area contributed by atoms with Gasteiger partial charge in [-0.1, -0.05) is 13.8 Å². The summed E-state index contributed by atoms with van der Waals surface area (Å²) in [6, 6.07) is 0. The molecule has 102 valence electrons. The lowest BCUT2D eigenvalue weighted by Gasteiger charge is -2.26. The molecule has 1 unspecified atom stereocenters. The van der Waals surface area contributed by atoms with Crippen LogP contribution in [0.5, 0.6) is 0 Å². The Morgan fingerprint density at radius 2 is 2.28 bits per heavy atom. The molecule has 0 bridgehead atoms. The molecule has 5 nitrogen and oxygen atoms in total. The van der Waals surface area contributed by atoms with Crippen molar-refractivity contribution in [1.82, 2.24) is 10.3 Å². The summed E-state index contributed by atoms with van der Waals surface area (Å²) in [5.74, 6) is -0.175. The summed E-state index contributed by atoms with van der Waals surface area (Å²) in [6.45, 7) is 6.30. The van der Waals surface area contributed by atoms with Crippen molar-refractivity contribution in [3.63, 3.8) is 0 Å².